The third-order valence-corrected chi connectivity index (χ3v) is 4.74. The van der Waals surface area contributed by atoms with E-state index >= 15 is 0 Å². The van der Waals surface area contributed by atoms with Gasteiger partial charge in [-0.2, -0.15) is 0 Å². The van der Waals surface area contributed by atoms with Gasteiger partial charge in [-0.05, 0) is 31.7 Å². The van der Waals surface area contributed by atoms with Gasteiger partial charge in [0.05, 0.1) is 0 Å². The molecule has 0 aromatic carbocycles. The zero-order valence-corrected chi connectivity index (χ0v) is 12.5. The van der Waals surface area contributed by atoms with E-state index in [4.69, 9.17) is 5.73 Å². The smallest absolute Gasteiger partial charge is 0.225 e. The number of amides is 2. The van der Waals surface area contributed by atoms with Crippen molar-refractivity contribution in [2.45, 2.75) is 39.0 Å². The van der Waals surface area contributed by atoms with Crippen molar-refractivity contribution in [2.24, 2.45) is 17.6 Å². The summed E-state index contributed by atoms with van der Waals surface area (Å²) in [5.74, 6) is 1.22. The summed E-state index contributed by atoms with van der Waals surface area (Å²) in [5.41, 5.74) is 5.63. The number of nitrogens with zero attached hydrogens (tertiary/aromatic N) is 2. The molecule has 5 heteroatoms. The lowest BCUT2D eigenvalue weighted by atomic mass is 9.79. The molecule has 2 N–H and O–H groups in total. The van der Waals surface area contributed by atoms with Crippen molar-refractivity contribution in [1.82, 2.24) is 9.80 Å². The summed E-state index contributed by atoms with van der Waals surface area (Å²) >= 11 is 0. The number of hydrogen-bond donors (Lipinski definition) is 1. The van der Waals surface area contributed by atoms with Crippen molar-refractivity contribution in [2.75, 3.05) is 32.7 Å². The number of hydrogen-bond acceptors (Lipinski definition) is 3. The molecular weight excluding hydrogens is 254 g/mol. The van der Waals surface area contributed by atoms with E-state index in [-0.39, 0.29) is 11.8 Å². The van der Waals surface area contributed by atoms with Gasteiger partial charge in [0.15, 0.2) is 0 Å². The Bertz CT molecular complexity index is 349. The summed E-state index contributed by atoms with van der Waals surface area (Å²) in [5, 5.41) is 0. The lowest BCUT2D eigenvalue weighted by molar-refractivity contribution is -0.142. The average Bonchev–Trinajstić information content (AvgIpc) is 2.47. The first kappa shape index (κ1) is 15.3. The van der Waals surface area contributed by atoms with Gasteiger partial charge in [0.25, 0.3) is 0 Å². The highest BCUT2D eigenvalue weighted by atomic mass is 16.2. The van der Waals surface area contributed by atoms with Gasteiger partial charge in [0, 0.05) is 39.0 Å². The van der Waals surface area contributed by atoms with Crippen LogP contribution in [-0.4, -0.2) is 54.3 Å². The number of rotatable bonds is 3. The van der Waals surface area contributed by atoms with E-state index in [1.165, 1.54) is 6.42 Å². The van der Waals surface area contributed by atoms with Crippen molar-refractivity contribution >= 4 is 11.8 Å². The minimum absolute atomic E-state index is 0.109. The molecule has 5 nitrogen and oxygen atoms in total. The Kier molecular flexibility index (Phi) is 5.40. The standard InChI is InChI=1S/C15H27N3O2/c1-12(19)17-7-9-18(10-8-17)15(20)14-4-2-3-13(11-14)5-6-16/h13-14H,2-11,16H2,1H3. The summed E-state index contributed by atoms with van der Waals surface area (Å²) in [6.45, 7) is 5.06. The number of piperazine rings is 1. The molecule has 0 spiro atoms. The second-order valence-corrected chi connectivity index (χ2v) is 6.14. The fourth-order valence-corrected chi connectivity index (χ4v) is 3.51. The van der Waals surface area contributed by atoms with Gasteiger partial charge in [-0.15, -0.1) is 0 Å². The lowest BCUT2D eigenvalue weighted by Crippen LogP contribution is -2.51. The molecule has 0 aromatic heterocycles. The molecule has 114 valence electrons. The highest BCUT2D eigenvalue weighted by molar-refractivity contribution is 5.79. The minimum atomic E-state index is 0.109. The minimum Gasteiger partial charge on any atom is -0.339 e. The van der Waals surface area contributed by atoms with Gasteiger partial charge in [-0.3, -0.25) is 9.59 Å². The van der Waals surface area contributed by atoms with Crippen molar-refractivity contribution in [3.8, 4) is 0 Å². The maximum atomic E-state index is 12.6. The van der Waals surface area contributed by atoms with Crippen molar-refractivity contribution in [3.63, 3.8) is 0 Å². The van der Waals surface area contributed by atoms with Crippen LogP contribution in [0.2, 0.25) is 0 Å². The normalized spacial score (nSPS) is 27.5. The summed E-state index contributed by atoms with van der Waals surface area (Å²) in [6.07, 6.45) is 5.44. The molecule has 0 aromatic rings. The van der Waals surface area contributed by atoms with Crippen LogP contribution in [0.1, 0.15) is 39.0 Å². The molecule has 2 atom stereocenters. The Morgan fingerprint density at radius 2 is 1.75 bits per heavy atom. The second-order valence-electron chi connectivity index (χ2n) is 6.14. The van der Waals surface area contributed by atoms with E-state index in [1.807, 2.05) is 9.80 Å². The summed E-state index contributed by atoms with van der Waals surface area (Å²) in [6, 6.07) is 0. The Morgan fingerprint density at radius 1 is 1.10 bits per heavy atom. The molecule has 2 unspecified atom stereocenters. The van der Waals surface area contributed by atoms with E-state index in [0.29, 0.717) is 38.0 Å². The predicted octanol–water partition coefficient (Wildman–Crippen LogP) is 0.832. The largest absolute Gasteiger partial charge is 0.339 e. The highest BCUT2D eigenvalue weighted by Crippen LogP contribution is 2.32. The van der Waals surface area contributed by atoms with E-state index in [0.717, 1.165) is 32.2 Å². The number of nitrogens with two attached hydrogens (primary N) is 1. The van der Waals surface area contributed by atoms with Gasteiger partial charge < -0.3 is 15.5 Å². The molecule has 1 aliphatic heterocycles. The topological polar surface area (TPSA) is 66.6 Å². The quantitative estimate of drug-likeness (QED) is 0.833. The first-order chi connectivity index (χ1) is 9.61. The van der Waals surface area contributed by atoms with Crippen LogP contribution < -0.4 is 5.73 Å². The first-order valence-electron chi connectivity index (χ1n) is 7.86. The van der Waals surface area contributed by atoms with E-state index in [9.17, 15) is 9.59 Å². The van der Waals surface area contributed by atoms with Crippen molar-refractivity contribution < 1.29 is 9.59 Å². The SMILES string of the molecule is CC(=O)N1CCN(C(=O)C2CCCC(CCN)C2)CC1. The van der Waals surface area contributed by atoms with Crippen LogP contribution in [0.4, 0.5) is 0 Å². The number of carbonyl (C=O) groups is 2. The maximum Gasteiger partial charge on any atom is 0.225 e. The molecule has 20 heavy (non-hydrogen) atoms. The van der Waals surface area contributed by atoms with Gasteiger partial charge in [0.1, 0.15) is 0 Å². The zero-order chi connectivity index (χ0) is 14.5. The van der Waals surface area contributed by atoms with Crippen molar-refractivity contribution in [1.29, 1.82) is 0 Å². The molecule has 1 saturated carbocycles. The molecule has 0 radical (unpaired) electrons. The van der Waals surface area contributed by atoms with Crippen molar-refractivity contribution in [3.05, 3.63) is 0 Å². The molecule has 2 rings (SSSR count). The molecule has 2 aliphatic rings. The van der Waals surface area contributed by atoms with Gasteiger partial charge in [-0.25, -0.2) is 0 Å². The van der Waals surface area contributed by atoms with E-state index < -0.39 is 0 Å². The van der Waals surface area contributed by atoms with Crippen LogP contribution in [0, 0.1) is 11.8 Å². The molecular formula is C15H27N3O2. The molecule has 2 amide bonds. The van der Waals surface area contributed by atoms with E-state index in [1.54, 1.807) is 6.92 Å². The molecule has 0 bridgehead atoms. The van der Waals surface area contributed by atoms with Crippen LogP contribution in [0.5, 0.6) is 0 Å². The fourth-order valence-electron chi connectivity index (χ4n) is 3.51. The molecule has 1 heterocycles. The van der Waals surface area contributed by atoms with Crippen LogP contribution in [0.25, 0.3) is 0 Å². The van der Waals surface area contributed by atoms with Crippen LogP contribution in [-0.2, 0) is 9.59 Å². The third-order valence-electron chi connectivity index (χ3n) is 4.74. The summed E-state index contributed by atoms with van der Waals surface area (Å²) in [4.78, 5) is 27.6. The first-order valence-corrected chi connectivity index (χ1v) is 7.86. The molecule has 2 fully saturated rings. The maximum absolute atomic E-state index is 12.6. The summed E-state index contributed by atoms with van der Waals surface area (Å²) in [7, 11) is 0. The van der Waals surface area contributed by atoms with Gasteiger partial charge >= 0.3 is 0 Å². The monoisotopic (exact) mass is 281 g/mol. The van der Waals surface area contributed by atoms with E-state index in [2.05, 4.69) is 0 Å². The Morgan fingerprint density at radius 3 is 2.35 bits per heavy atom. The Labute approximate surface area is 121 Å². The van der Waals surface area contributed by atoms with Crippen LogP contribution in [0.3, 0.4) is 0 Å². The average molecular weight is 281 g/mol. The lowest BCUT2D eigenvalue weighted by Gasteiger charge is -2.37. The van der Waals surface area contributed by atoms with Crippen LogP contribution >= 0.6 is 0 Å². The predicted molar refractivity (Wildman–Crippen MR) is 78.0 cm³/mol. The number of carbonyl (C=O) groups excluding carboxylic acids is 2. The summed E-state index contributed by atoms with van der Waals surface area (Å²) < 4.78 is 0. The van der Waals surface area contributed by atoms with Gasteiger partial charge in [-0.1, -0.05) is 12.8 Å². The Hall–Kier alpha value is -1.10. The van der Waals surface area contributed by atoms with Crippen LogP contribution in [0.15, 0.2) is 0 Å². The molecule has 1 saturated heterocycles. The van der Waals surface area contributed by atoms with Gasteiger partial charge in [0.2, 0.25) is 11.8 Å². The second kappa shape index (κ2) is 7.07. The fraction of sp³-hybridized carbons (Fsp3) is 0.867. The third kappa shape index (κ3) is 3.72. The Balaban J connectivity index is 1.84. The highest BCUT2D eigenvalue weighted by Gasteiger charge is 2.31. The zero-order valence-electron chi connectivity index (χ0n) is 12.5. The molecule has 1 aliphatic carbocycles.